The van der Waals surface area contributed by atoms with E-state index >= 15 is 0 Å². The van der Waals surface area contributed by atoms with Gasteiger partial charge in [0.15, 0.2) is 5.78 Å². The quantitative estimate of drug-likeness (QED) is 0.713. The van der Waals surface area contributed by atoms with Gasteiger partial charge in [0.2, 0.25) is 0 Å². The molecule has 0 radical (unpaired) electrons. The molecule has 0 heterocycles. The van der Waals surface area contributed by atoms with Crippen LogP contribution < -0.4 is 0 Å². The average Bonchev–Trinajstić information content (AvgIpc) is 2.35. The van der Waals surface area contributed by atoms with Gasteiger partial charge in [-0.15, -0.1) is 0 Å². The minimum absolute atomic E-state index is 0.158. The van der Waals surface area contributed by atoms with Crippen LogP contribution in [0.25, 0.3) is 0 Å². The van der Waals surface area contributed by atoms with Crippen molar-refractivity contribution >= 4 is 5.78 Å². The van der Waals surface area contributed by atoms with Crippen molar-refractivity contribution in [2.24, 2.45) is 0 Å². The highest BCUT2D eigenvalue weighted by Crippen LogP contribution is 2.36. The molecular formula is C20H22O. The molecule has 108 valence electrons. The van der Waals surface area contributed by atoms with Crippen molar-refractivity contribution in [3.05, 3.63) is 69.8 Å². The van der Waals surface area contributed by atoms with E-state index in [2.05, 4.69) is 31.2 Å². The molecule has 0 spiro atoms. The average molecular weight is 278 g/mol. The highest BCUT2D eigenvalue weighted by atomic mass is 16.1. The van der Waals surface area contributed by atoms with Crippen molar-refractivity contribution < 1.29 is 4.79 Å². The lowest BCUT2D eigenvalue weighted by Crippen LogP contribution is -2.11. The first kappa shape index (κ1) is 14.1. The molecule has 1 fully saturated rings. The number of ketones is 1. The molecule has 1 nitrogen and oxygen atoms in total. The van der Waals surface area contributed by atoms with Crippen LogP contribution in [0.1, 0.15) is 63.4 Å². The molecule has 0 saturated heterocycles. The van der Waals surface area contributed by atoms with E-state index in [4.69, 9.17) is 0 Å². The molecule has 0 bridgehead atoms. The molecule has 2 aromatic carbocycles. The molecule has 21 heavy (non-hydrogen) atoms. The summed E-state index contributed by atoms with van der Waals surface area (Å²) >= 11 is 0. The van der Waals surface area contributed by atoms with Gasteiger partial charge in [0, 0.05) is 11.1 Å². The molecule has 3 rings (SSSR count). The van der Waals surface area contributed by atoms with E-state index in [1.807, 2.05) is 26.0 Å². The van der Waals surface area contributed by atoms with E-state index in [1.54, 1.807) is 0 Å². The predicted molar refractivity (Wildman–Crippen MR) is 87.1 cm³/mol. The Morgan fingerprint density at radius 1 is 1.00 bits per heavy atom. The van der Waals surface area contributed by atoms with Crippen molar-refractivity contribution in [3.63, 3.8) is 0 Å². The molecule has 0 atom stereocenters. The second-order valence-corrected chi connectivity index (χ2v) is 6.36. The van der Waals surface area contributed by atoms with Crippen LogP contribution in [0.3, 0.4) is 0 Å². The van der Waals surface area contributed by atoms with Crippen LogP contribution in [0, 0.1) is 20.8 Å². The monoisotopic (exact) mass is 278 g/mol. The van der Waals surface area contributed by atoms with E-state index in [9.17, 15) is 4.79 Å². The van der Waals surface area contributed by atoms with Gasteiger partial charge in [-0.1, -0.05) is 42.3 Å². The summed E-state index contributed by atoms with van der Waals surface area (Å²) in [5.74, 6) is 0.823. The molecule has 0 N–H and O–H groups in total. The van der Waals surface area contributed by atoms with Crippen LogP contribution in [-0.4, -0.2) is 5.78 Å². The third-order valence-corrected chi connectivity index (χ3v) is 4.63. The van der Waals surface area contributed by atoms with Crippen molar-refractivity contribution in [2.45, 2.75) is 46.0 Å². The van der Waals surface area contributed by atoms with Gasteiger partial charge in [-0.05, 0) is 62.3 Å². The smallest absolute Gasteiger partial charge is 0.193 e. The summed E-state index contributed by atoms with van der Waals surface area (Å²) in [6.07, 6.45) is 3.85. The summed E-state index contributed by atoms with van der Waals surface area (Å²) in [5.41, 5.74) is 6.39. The van der Waals surface area contributed by atoms with Crippen LogP contribution in [0.5, 0.6) is 0 Å². The van der Waals surface area contributed by atoms with E-state index in [0.29, 0.717) is 5.92 Å². The van der Waals surface area contributed by atoms with Crippen LogP contribution in [0.2, 0.25) is 0 Å². The minimum Gasteiger partial charge on any atom is -0.289 e. The summed E-state index contributed by atoms with van der Waals surface area (Å²) < 4.78 is 0. The number of carbonyl (C=O) groups excluding carboxylic acids is 1. The van der Waals surface area contributed by atoms with Crippen molar-refractivity contribution in [2.75, 3.05) is 0 Å². The Hall–Kier alpha value is -1.89. The molecular weight excluding hydrogens is 256 g/mol. The predicted octanol–water partition coefficient (Wildman–Crippen LogP) is 5.11. The lowest BCUT2D eigenvalue weighted by Gasteiger charge is -2.26. The number of benzene rings is 2. The first-order valence-corrected chi connectivity index (χ1v) is 7.79. The van der Waals surface area contributed by atoms with Crippen LogP contribution in [-0.2, 0) is 0 Å². The Bertz CT molecular complexity index is 670. The Morgan fingerprint density at radius 2 is 1.67 bits per heavy atom. The largest absolute Gasteiger partial charge is 0.289 e. The van der Waals surface area contributed by atoms with E-state index in [0.717, 1.165) is 22.3 Å². The SMILES string of the molecule is Cc1cc(C)c(C(=O)c2cccc(C3CCC3)c2)c(C)c1. The second-order valence-electron chi connectivity index (χ2n) is 6.36. The maximum atomic E-state index is 12.9. The first-order chi connectivity index (χ1) is 10.1. The van der Waals surface area contributed by atoms with Gasteiger partial charge in [0.05, 0.1) is 0 Å². The molecule has 0 aromatic heterocycles. The normalized spacial score (nSPS) is 14.8. The summed E-state index contributed by atoms with van der Waals surface area (Å²) in [5, 5.41) is 0. The highest BCUT2D eigenvalue weighted by molar-refractivity contribution is 6.11. The number of rotatable bonds is 3. The molecule has 2 aromatic rings. The number of aryl methyl sites for hydroxylation is 3. The van der Waals surface area contributed by atoms with Crippen LogP contribution in [0.15, 0.2) is 36.4 Å². The molecule has 1 saturated carbocycles. The molecule has 0 aliphatic heterocycles. The fourth-order valence-electron chi connectivity index (χ4n) is 3.36. The van der Waals surface area contributed by atoms with Gasteiger partial charge in [-0.25, -0.2) is 0 Å². The number of hydrogen-bond acceptors (Lipinski definition) is 1. The molecule has 1 aliphatic rings. The molecule has 0 unspecified atom stereocenters. The van der Waals surface area contributed by atoms with Crippen molar-refractivity contribution in [1.82, 2.24) is 0 Å². The van der Waals surface area contributed by atoms with E-state index in [1.165, 1.54) is 30.4 Å². The Labute approximate surface area is 127 Å². The lowest BCUT2D eigenvalue weighted by atomic mass is 9.79. The summed E-state index contributed by atoms with van der Waals surface area (Å²) in [6.45, 7) is 6.14. The molecule has 1 heteroatoms. The third-order valence-electron chi connectivity index (χ3n) is 4.63. The zero-order chi connectivity index (χ0) is 15.0. The topological polar surface area (TPSA) is 17.1 Å². The summed E-state index contributed by atoms with van der Waals surface area (Å²) in [4.78, 5) is 12.9. The highest BCUT2D eigenvalue weighted by Gasteiger charge is 2.21. The summed E-state index contributed by atoms with van der Waals surface area (Å²) in [6, 6.07) is 12.4. The summed E-state index contributed by atoms with van der Waals surface area (Å²) in [7, 11) is 0. The van der Waals surface area contributed by atoms with Crippen LogP contribution in [0.4, 0.5) is 0 Å². The molecule has 1 aliphatic carbocycles. The maximum absolute atomic E-state index is 12.9. The Morgan fingerprint density at radius 3 is 2.24 bits per heavy atom. The van der Waals surface area contributed by atoms with Crippen molar-refractivity contribution in [1.29, 1.82) is 0 Å². The Kier molecular flexibility index (Phi) is 3.67. The lowest BCUT2D eigenvalue weighted by molar-refractivity contribution is 0.103. The fourth-order valence-corrected chi connectivity index (χ4v) is 3.36. The van der Waals surface area contributed by atoms with Gasteiger partial charge in [0.25, 0.3) is 0 Å². The van der Waals surface area contributed by atoms with Gasteiger partial charge in [-0.3, -0.25) is 4.79 Å². The van der Waals surface area contributed by atoms with Crippen LogP contribution >= 0.6 is 0 Å². The minimum atomic E-state index is 0.158. The number of hydrogen-bond donors (Lipinski definition) is 0. The van der Waals surface area contributed by atoms with Gasteiger partial charge < -0.3 is 0 Å². The second kappa shape index (κ2) is 5.48. The van der Waals surface area contributed by atoms with Gasteiger partial charge in [-0.2, -0.15) is 0 Å². The number of carbonyl (C=O) groups is 1. The maximum Gasteiger partial charge on any atom is 0.193 e. The fraction of sp³-hybridized carbons (Fsp3) is 0.350. The zero-order valence-corrected chi connectivity index (χ0v) is 13.1. The Balaban J connectivity index is 1.99. The van der Waals surface area contributed by atoms with Gasteiger partial charge >= 0.3 is 0 Å². The third kappa shape index (κ3) is 2.65. The zero-order valence-electron chi connectivity index (χ0n) is 13.1. The standard InChI is InChI=1S/C20H22O/c1-13-10-14(2)19(15(3)11-13)20(21)18-9-5-8-17(12-18)16-6-4-7-16/h5,8-12,16H,4,6-7H2,1-3H3. The van der Waals surface area contributed by atoms with Crippen molar-refractivity contribution in [3.8, 4) is 0 Å². The van der Waals surface area contributed by atoms with E-state index < -0.39 is 0 Å². The molecule has 0 amide bonds. The van der Waals surface area contributed by atoms with E-state index in [-0.39, 0.29) is 5.78 Å². The first-order valence-electron chi connectivity index (χ1n) is 7.79. The van der Waals surface area contributed by atoms with Gasteiger partial charge in [0.1, 0.15) is 0 Å².